The molecule has 4 atom stereocenters. The highest BCUT2D eigenvalue weighted by Crippen LogP contribution is 2.33. The van der Waals surface area contributed by atoms with Crippen molar-refractivity contribution in [2.24, 2.45) is 0 Å². The molecule has 6 heteroatoms. The molecule has 1 amide bonds. The van der Waals surface area contributed by atoms with Gasteiger partial charge in [0, 0.05) is 24.8 Å². The highest BCUT2D eigenvalue weighted by molar-refractivity contribution is 5.80. The van der Waals surface area contributed by atoms with Crippen LogP contribution in [0, 0.1) is 5.82 Å². The van der Waals surface area contributed by atoms with Crippen molar-refractivity contribution in [3.05, 3.63) is 59.4 Å². The van der Waals surface area contributed by atoms with Crippen LogP contribution in [0.1, 0.15) is 56.3 Å². The topological polar surface area (TPSA) is 52.0 Å². The van der Waals surface area contributed by atoms with Gasteiger partial charge < -0.3 is 19.7 Å². The lowest BCUT2D eigenvalue weighted by Crippen LogP contribution is -3.15. The van der Waals surface area contributed by atoms with E-state index in [0.717, 1.165) is 42.9 Å². The molecule has 0 saturated carbocycles. The van der Waals surface area contributed by atoms with Crippen molar-refractivity contribution < 1.29 is 23.6 Å². The molecule has 1 fully saturated rings. The molecule has 2 aliphatic heterocycles. The highest BCUT2D eigenvalue weighted by Gasteiger charge is 2.37. The molecule has 2 aliphatic rings. The van der Waals surface area contributed by atoms with Gasteiger partial charge in [0.1, 0.15) is 11.9 Å². The lowest BCUT2D eigenvalue weighted by molar-refractivity contribution is -0.932. The Morgan fingerprint density at radius 1 is 1.07 bits per heavy atom. The molecule has 160 valence electrons. The van der Waals surface area contributed by atoms with E-state index in [2.05, 4.69) is 17.4 Å². The van der Waals surface area contributed by atoms with E-state index in [1.165, 1.54) is 22.6 Å². The first-order valence-corrected chi connectivity index (χ1v) is 10.8. The van der Waals surface area contributed by atoms with Gasteiger partial charge in [-0.3, -0.25) is 4.79 Å². The van der Waals surface area contributed by atoms with Crippen molar-refractivity contribution >= 4 is 5.91 Å². The number of hydrogen-bond donors (Lipinski definition) is 2. The van der Waals surface area contributed by atoms with Crippen LogP contribution < -0.4 is 19.7 Å². The first kappa shape index (κ1) is 20.7. The fourth-order valence-corrected chi connectivity index (χ4v) is 4.51. The van der Waals surface area contributed by atoms with Crippen LogP contribution in [0.2, 0.25) is 0 Å². The monoisotopic (exact) mass is 413 g/mol. The molecule has 2 N–H and O–H groups in total. The SMILES string of the molecule is CC(NC(=O)C(C)[NH+]1CCCC1c1ccc2c(c1)OCCCO2)c1ccc(F)cc1. The molecule has 2 heterocycles. The summed E-state index contributed by atoms with van der Waals surface area (Å²) in [6.45, 7) is 6.22. The Bertz CT molecular complexity index is 887. The summed E-state index contributed by atoms with van der Waals surface area (Å²) >= 11 is 0. The van der Waals surface area contributed by atoms with Crippen LogP contribution >= 0.6 is 0 Å². The van der Waals surface area contributed by atoms with Gasteiger partial charge in [0.2, 0.25) is 0 Å². The van der Waals surface area contributed by atoms with E-state index >= 15 is 0 Å². The molecule has 2 aromatic carbocycles. The average Bonchev–Trinajstić information content (AvgIpc) is 3.12. The number of amides is 1. The summed E-state index contributed by atoms with van der Waals surface area (Å²) in [7, 11) is 0. The Hall–Kier alpha value is -2.60. The average molecular weight is 414 g/mol. The zero-order valence-electron chi connectivity index (χ0n) is 17.6. The minimum absolute atomic E-state index is 0.0167. The van der Waals surface area contributed by atoms with Crippen molar-refractivity contribution in [3.63, 3.8) is 0 Å². The van der Waals surface area contributed by atoms with Gasteiger partial charge in [0.25, 0.3) is 5.91 Å². The van der Waals surface area contributed by atoms with E-state index in [9.17, 15) is 9.18 Å². The molecular formula is C24H30FN2O3+. The third-order valence-electron chi connectivity index (χ3n) is 6.26. The smallest absolute Gasteiger partial charge is 0.278 e. The predicted octanol–water partition coefficient (Wildman–Crippen LogP) is 2.97. The summed E-state index contributed by atoms with van der Waals surface area (Å²) < 4.78 is 24.8. The maximum absolute atomic E-state index is 13.2. The number of carbonyl (C=O) groups is 1. The van der Waals surface area contributed by atoms with Crippen molar-refractivity contribution in [2.75, 3.05) is 19.8 Å². The molecule has 4 rings (SSSR count). The number of likely N-dealkylation sites (tertiary alicyclic amines) is 1. The van der Waals surface area contributed by atoms with Crippen molar-refractivity contribution in [1.82, 2.24) is 5.32 Å². The van der Waals surface area contributed by atoms with E-state index in [-0.39, 0.29) is 29.8 Å². The van der Waals surface area contributed by atoms with Crippen molar-refractivity contribution in [3.8, 4) is 11.5 Å². The summed E-state index contributed by atoms with van der Waals surface area (Å²) in [5.41, 5.74) is 2.09. The van der Waals surface area contributed by atoms with E-state index in [1.54, 1.807) is 12.1 Å². The van der Waals surface area contributed by atoms with E-state index in [4.69, 9.17) is 9.47 Å². The number of carbonyl (C=O) groups excluding carboxylic acids is 1. The molecule has 0 spiro atoms. The van der Waals surface area contributed by atoms with Crippen LogP contribution in [0.3, 0.4) is 0 Å². The number of fused-ring (bicyclic) bond motifs is 1. The lowest BCUT2D eigenvalue weighted by Gasteiger charge is -2.28. The minimum Gasteiger partial charge on any atom is -0.490 e. The molecule has 0 aliphatic carbocycles. The highest BCUT2D eigenvalue weighted by atomic mass is 19.1. The quantitative estimate of drug-likeness (QED) is 0.793. The van der Waals surface area contributed by atoms with Crippen molar-refractivity contribution in [1.29, 1.82) is 0 Å². The van der Waals surface area contributed by atoms with Gasteiger partial charge in [-0.05, 0) is 49.7 Å². The minimum atomic E-state index is -0.273. The molecule has 2 aromatic rings. The van der Waals surface area contributed by atoms with Gasteiger partial charge in [-0.2, -0.15) is 0 Å². The molecule has 0 bridgehead atoms. The van der Waals surface area contributed by atoms with Crippen LogP contribution in [0.15, 0.2) is 42.5 Å². The normalized spacial score (nSPS) is 22.8. The Morgan fingerprint density at radius 3 is 2.57 bits per heavy atom. The molecule has 30 heavy (non-hydrogen) atoms. The van der Waals surface area contributed by atoms with Crippen LogP contribution in [-0.2, 0) is 4.79 Å². The van der Waals surface area contributed by atoms with Crippen LogP contribution in [0.25, 0.3) is 0 Å². The lowest BCUT2D eigenvalue weighted by atomic mass is 10.0. The molecule has 5 nitrogen and oxygen atoms in total. The summed E-state index contributed by atoms with van der Waals surface area (Å²) in [6, 6.07) is 12.4. The Labute approximate surface area is 177 Å². The first-order chi connectivity index (χ1) is 14.5. The summed E-state index contributed by atoms with van der Waals surface area (Å²) in [5.74, 6) is 1.35. The number of halogens is 1. The van der Waals surface area contributed by atoms with Gasteiger partial charge in [-0.15, -0.1) is 0 Å². The van der Waals surface area contributed by atoms with E-state index in [1.807, 2.05) is 19.9 Å². The van der Waals surface area contributed by atoms with Crippen LogP contribution in [0.4, 0.5) is 4.39 Å². The van der Waals surface area contributed by atoms with Gasteiger partial charge in [-0.1, -0.05) is 12.1 Å². The number of rotatable bonds is 5. The van der Waals surface area contributed by atoms with Gasteiger partial charge in [0.05, 0.1) is 25.8 Å². The Kier molecular flexibility index (Phi) is 6.23. The maximum Gasteiger partial charge on any atom is 0.278 e. The molecule has 4 unspecified atom stereocenters. The van der Waals surface area contributed by atoms with Crippen LogP contribution in [0.5, 0.6) is 11.5 Å². The molecule has 0 radical (unpaired) electrons. The number of benzene rings is 2. The molecule has 1 saturated heterocycles. The zero-order valence-corrected chi connectivity index (χ0v) is 17.6. The largest absolute Gasteiger partial charge is 0.490 e. The first-order valence-electron chi connectivity index (χ1n) is 10.8. The summed E-state index contributed by atoms with van der Waals surface area (Å²) in [6.07, 6.45) is 3.01. The Morgan fingerprint density at radius 2 is 1.80 bits per heavy atom. The zero-order chi connectivity index (χ0) is 21.1. The van der Waals surface area contributed by atoms with E-state index < -0.39 is 0 Å². The number of quaternary nitrogens is 1. The van der Waals surface area contributed by atoms with Gasteiger partial charge in [-0.25, -0.2) is 4.39 Å². The number of nitrogens with one attached hydrogen (secondary N) is 2. The Balaban J connectivity index is 1.45. The number of hydrogen-bond acceptors (Lipinski definition) is 3. The standard InChI is InChI=1S/C24H29FN2O3/c1-16(18-6-9-20(25)10-7-18)26-24(28)17(2)27-12-3-5-21(27)19-8-11-22-23(15-19)30-14-4-13-29-22/h6-11,15-17,21H,3-5,12-14H2,1-2H3,(H,26,28)/p+1. The second-order valence-corrected chi connectivity index (χ2v) is 8.28. The van der Waals surface area contributed by atoms with Crippen molar-refractivity contribution in [2.45, 2.75) is 51.2 Å². The third-order valence-corrected chi connectivity index (χ3v) is 6.26. The second-order valence-electron chi connectivity index (χ2n) is 8.28. The summed E-state index contributed by atoms with van der Waals surface area (Å²) in [4.78, 5) is 14.3. The van der Waals surface area contributed by atoms with Gasteiger partial charge in [0.15, 0.2) is 17.5 Å². The predicted molar refractivity (Wildman–Crippen MR) is 112 cm³/mol. The van der Waals surface area contributed by atoms with E-state index in [0.29, 0.717) is 13.2 Å². The number of ether oxygens (including phenoxy) is 2. The maximum atomic E-state index is 13.2. The van der Waals surface area contributed by atoms with Crippen LogP contribution in [-0.4, -0.2) is 31.7 Å². The second kappa shape index (κ2) is 9.04. The fraction of sp³-hybridized carbons (Fsp3) is 0.458. The molecular weight excluding hydrogens is 383 g/mol. The fourth-order valence-electron chi connectivity index (χ4n) is 4.51. The molecule has 0 aromatic heterocycles. The van der Waals surface area contributed by atoms with Gasteiger partial charge >= 0.3 is 0 Å². The summed E-state index contributed by atoms with van der Waals surface area (Å²) in [5, 5.41) is 3.10. The third kappa shape index (κ3) is 4.43.